The molecule has 1 saturated heterocycles. The quantitative estimate of drug-likeness (QED) is 0.700. The van der Waals surface area contributed by atoms with E-state index in [0.717, 1.165) is 5.56 Å². The molecule has 0 spiro atoms. The lowest BCUT2D eigenvalue weighted by molar-refractivity contribution is -0.131. The van der Waals surface area contributed by atoms with E-state index in [1.165, 1.54) is 13.0 Å². The van der Waals surface area contributed by atoms with Gasteiger partial charge in [0.2, 0.25) is 5.91 Å². The molecule has 3 rings (SSSR count). The number of rotatable bonds is 6. The first kappa shape index (κ1) is 20.7. The lowest BCUT2D eigenvalue weighted by Gasteiger charge is -2.36. The second kappa shape index (κ2) is 8.99. The predicted molar refractivity (Wildman–Crippen MR) is 110 cm³/mol. The number of piperazine rings is 1. The van der Waals surface area contributed by atoms with Crippen LogP contribution < -0.4 is 4.90 Å². The Balaban J connectivity index is 1.51. The van der Waals surface area contributed by atoms with Gasteiger partial charge in [-0.1, -0.05) is 29.8 Å². The Bertz CT molecular complexity index is 916. The van der Waals surface area contributed by atoms with Gasteiger partial charge in [-0.25, -0.2) is 4.39 Å². The molecular weight excluding hydrogens is 371 g/mol. The summed E-state index contributed by atoms with van der Waals surface area (Å²) in [6.07, 6.45) is 0.359. The summed E-state index contributed by atoms with van der Waals surface area (Å²) in [6, 6.07) is 11.8. The third-order valence-electron chi connectivity index (χ3n) is 5.27. The molecule has 0 bridgehead atoms. The molecule has 0 aliphatic carbocycles. The number of hydrogen-bond donors (Lipinski definition) is 0. The van der Waals surface area contributed by atoms with Gasteiger partial charge in [0.05, 0.1) is 5.69 Å². The topological polar surface area (TPSA) is 57.7 Å². The SMILES string of the molecule is CC(=O)c1ccc(N2CCN(C(=O)CCC(=O)c3ccc(C)cc3)CC2)c(F)c1. The summed E-state index contributed by atoms with van der Waals surface area (Å²) in [5.74, 6) is -0.700. The van der Waals surface area contributed by atoms with Gasteiger partial charge in [-0.3, -0.25) is 14.4 Å². The number of nitrogens with zero attached hydrogens (tertiary/aromatic N) is 2. The number of carbonyl (C=O) groups excluding carboxylic acids is 3. The van der Waals surface area contributed by atoms with E-state index in [0.29, 0.717) is 43.0 Å². The van der Waals surface area contributed by atoms with Crippen molar-refractivity contribution in [3.8, 4) is 0 Å². The smallest absolute Gasteiger partial charge is 0.223 e. The van der Waals surface area contributed by atoms with Crippen LogP contribution >= 0.6 is 0 Å². The molecule has 0 N–H and O–H groups in total. The second-order valence-electron chi connectivity index (χ2n) is 7.38. The molecule has 0 radical (unpaired) electrons. The summed E-state index contributed by atoms with van der Waals surface area (Å²) in [5.41, 5.74) is 2.50. The van der Waals surface area contributed by atoms with Gasteiger partial charge in [0.1, 0.15) is 5.82 Å². The number of benzene rings is 2. The van der Waals surface area contributed by atoms with Gasteiger partial charge in [-0.2, -0.15) is 0 Å². The van der Waals surface area contributed by atoms with Crippen LogP contribution in [0.2, 0.25) is 0 Å². The van der Waals surface area contributed by atoms with Crippen molar-refractivity contribution in [2.75, 3.05) is 31.1 Å². The van der Waals surface area contributed by atoms with Crippen LogP contribution in [-0.2, 0) is 4.79 Å². The molecule has 6 heteroatoms. The Morgan fingerprint density at radius 2 is 1.52 bits per heavy atom. The van der Waals surface area contributed by atoms with E-state index >= 15 is 0 Å². The highest BCUT2D eigenvalue weighted by molar-refractivity contribution is 5.98. The van der Waals surface area contributed by atoms with Gasteiger partial charge in [0.15, 0.2) is 11.6 Å². The molecule has 0 atom stereocenters. The van der Waals surface area contributed by atoms with Gasteiger partial charge >= 0.3 is 0 Å². The highest BCUT2D eigenvalue weighted by atomic mass is 19.1. The second-order valence-corrected chi connectivity index (χ2v) is 7.38. The average Bonchev–Trinajstić information content (AvgIpc) is 2.72. The van der Waals surface area contributed by atoms with E-state index in [2.05, 4.69) is 0 Å². The summed E-state index contributed by atoms with van der Waals surface area (Å²) >= 11 is 0. The zero-order valence-electron chi connectivity index (χ0n) is 16.8. The Labute approximate surface area is 170 Å². The highest BCUT2D eigenvalue weighted by Crippen LogP contribution is 2.22. The van der Waals surface area contributed by atoms with Gasteiger partial charge in [-0.15, -0.1) is 0 Å². The van der Waals surface area contributed by atoms with E-state index in [4.69, 9.17) is 0 Å². The number of ketones is 2. The maximum atomic E-state index is 14.3. The number of halogens is 1. The normalized spacial score (nSPS) is 14.0. The largest absolute Gasteiger partial charge is 0.366 e. The Morgan fingerprint density at radius 1 is 0.897 bits per heavy atom. The summed E-state index contributed by atoms with van der Waals surface area (Å²) in [6.45, 7) is 5.34. The highest BCUT2D eigenvalue weighted by Gasteiger charge is 2.23. The Kier molecular flexibility index (Phi) is 6.42. The molecule has 2 aromatic rings. The fraction of sp³-hybridized carbons (Fsp3) is 0.348. The first-order valence-electron chi connectivity index (χ1n) is 9.78. The van der Waals surface area contributed by atoms with E-state index in [9.17, 15) is 18.8 Å². The number of hydrogen-bond acceptors (Lipinski definition) is 4. The van der Waals surface area contributed by atoms with Crippen molar-refractivity contribution in [1.29, 1.82) is 0 Å². The van der Waals surface area contributed by atoms with Crippen molar-refractivity contribution < 1.29 is 18.8 Å². The van der Waals surface area contributed by atoms with Crippen molar-refractivity contribution in [2.24, 2.45) is 0 Å². The zero-order valence-corrected chi connectivity index (χ0v) is 16.8. The van der Waals surface area contributed by atoms with E-state index in [1.54, 1.807) is 29.2 Å². The fourth-order valence-electron chi connectivity index (χ4n) is 3.44. The molecule has 1 fully saturated rings. The minimum atomic E-state index is -0.429. The van der Waals surface area contributed by atoms with Crippen molar-refractivity contribution >= 4 is 23.2 Å². The first-order chi connectivity index (χ1) is 13.8. The van der Waals surface area contributed by atoms with Crippen LogP contribution in [0.4, 0.5) is 10.1 Å². The van der Waals surface area contributed by atoms with Crippen molar-refractivity contribution in [1.82, 2.24) is 4.90 Å². The van der Waals surface area contributed by atoms with Crippen LogP contribution in [0.15, 0.2) is 42.5 Å². The maximum absolute atomic E-state index is 14.3. The third-order valence-corrected chi connectivity index (χ3v) is 5.27. The Hall–Kier alpha value is -3.02. The molecule has 2 aromatic carbocycles. The van der Waals surface area contributed by atoms with Crippen LogP contribution in [0.5, 0.6) is 0 Å². The van der Waals surface area contributed by atoms with Crippen molar-refractivity contribution in [2.45, 2.75) is 26.7 Å². The first-order valence-corrected chi connectivity index (χ1v) is 9.78. The fourth-order valence-corrected chi connectivity index (χ4v) is 3.44. The third kappa shape index (κ3) is 5.08. The van der Waals surface area contributed by atoms with Crippen molar-refractivity contribution in [3.63, 3.8) is 0 Å². The molecule has 0 aromatic heterocycles. The minimum Gasteiger partial charge on any atom is -0.366 e. The van der Waals surface area contributed by atoms with E-state index < -0.39 is 5.82 Å². The molecule has 1 aliphatic heterocycles. The predicted octanol–water partition coefficient (Wildman–Crippen LogP) is 3.65. The summed E-state index contributed by atoms with van der Waals surface area (Å²) in [4.78, 5) is 39.7. The monoisotopic (exact) mass is 396 g/mol. The van der Waals surface area contributed by atoms with Gasteiger partial charge in [-0.05, 0) is 32.0 Å². The average molecular weight is 396 g/mol. The molecular formula is C23H25FN2O3. The van der Waals surface area contributed by atoms with Gasteiger partial charge in [0.25, 0.3) is 0 Å². The van der Waals surface area contributed by atoms with Crippen LogP contribution in [-0.4, -0.2) is 48.6 Å². The lowest BCUT2D eigenvalue weighted by Crippen LogP contribution is -2.49. The summed E-state index contributed by atoms with van der Waals surface area (Å²) < 4.78 is 14.3. The van der Waals surface area contributed by atoms with Crippen LogP contribution in [0.25, 0.3) is 0 Å². The summed E-state index contributed by atoms with van der Waals surface area (Å²) in [7, 11) is 0. The molecule has 152 valence electrons. The maximum Gasteiger partial charge on any atom is 0.223 e. The molecule has 0 unspecified atom stereocenters. The van der Waals surface area contributed by atoms with Crippen LogP contribution in [0.3, 0.4) is 0 Å². The van der Waals surface area contributed by atoms with Gasteiger partial charge in [0, 0.05) is 50.1 Å². The van der Waals surface area contributed by atoms with E-state index in [1.807, 2.05) is 24.0 Å². The minimum absolute atomic E-state index is 0.0374. The molecule has 5 nitrogen and oxygen atoms in total. The molecule has 1 aliphatic rings. The van der Waals surface area contributed by atoms with E-state index in [-0.39, 0.29) is 30.3 Å². The number of anilines is 1. The number of Topliss-reactive ketones (excluding diaryl/α,β-unsaturated/α-hetero) is 2. The molecule has 29 heavy (non-hydrogen) atoms. The number of amides is 1. The Morgan fingerprint density at radius 3 is 2.10 bits per heavy atom. The molecule has 1 amide bonds. The van der Waals surface area contributed by atoms with Crippen LogP contribution in [0.1, 0.15) is 46.0 Å². The van der Waals surface area contributed by atoms with Crippen molar-refractivity contribution in [3.05, 3.63) is 65.0 Å². The van der Waals surface area contributed by atoms with Crippen LogP contribution in [0, 0.1) is 12.7 Å². The molecule has 1 heterocycles. The molecule has 0 saturated carbocycles. The van der Waals surface area contributed by atoms with Gasteiger partial charge < -0.3 is 9.80 Å². The lowest BCUT2D eigenvalue weighted by atomic mass is 10.0. The number of aryl methyl sites for hydroxylation is 1. The standard InChI is InChI=1S/C23H25FN2O3/c1-16-3-5-18(6-4-16)22(28)9-10-23(29)26-13-11-25(12-14-26)21-8-7-19(17(2)27)15-20(21)24/h3-8,15H,9-14H2,1-2H3. The summed E-state index contributed by atoms with van der Waals surface area (Å²) in [5, 5.41) is 0. The zero-order chi connectivity index (χ0) is 21.0. The number of carbonyl (C=O) groups is 3.